The monoisotopic (exact) mass is 531 g/mol. The molecule has 0 aliphatic carbocycles. The molecule has 9 heteroatoms. The van der Waals surface area contributed by atoms with Crippen molar-refractivity contribution in [2.24, 2.45) is 0 Å². The molecule has 0 atom stereocenters. The fourth-order valence-corrected chi connectivity index (χ4v) is 3.97. The number of amides is 1. The Kier molecular flexibility index (Phi) is 6.85. The Morgan fingerprint density at radius 2 is 1.89 bits per heavy atom. The van der Waals surface area contributed by atoms with E-state index in [1.165, 1.54) is 18.2 Å². The minimum Gasteiger partial charge on any atom is -0.457 e. The van der Waals surface area contributed by atoms with Gasteiger partial charge in [-0.1, -0.05) is 29.8 Å². The number of hydrogen-bond acceptors (Lipinski definition) is 5. The fraction of sp³-hybridized carbons (Fsp3) is 0.0357. The Balaban J connectivity index is 1.20. The molecular formula is C28H19ClFN3O3S. The van der Waals surface area contributed by atoms with E-state index in [1.54, 1.807) is 42.5 Å². The first-order valence-electron chi connectivity index (χ1n) is 11.2. The number of fused-ring (bicyclic) bond motifs is 1. The van der Waals surface area contributed by atoms with Gasteiger partial charge >= 0.3 is 0 Å². The van der Waals surface area contributed by atoms with Crippen LogP contribution in [-0.2, 0) is 4.79 Å². The lowest BCUT2D eigenvalue weighted by molar-refractivity contribution is -0.115. The van der Waals surface area contributed by atoms with Crippen molar-refractivity contribution < 1.29 is 18.0 Å². The molecule has 0 aliphatic heterocycles. The Morgan fingerprint density at radius 1 is 1.03 bits per heavy atom. The van der Waals surface area contributed by atoms with Crippen LogP contribution in [-0.4, -0.2) is 16.0 Å². The summed E-state index contributed by atoms with van der Waals surface area (Å²) in [5.41, 5.74) is 4.06. The fourth-order valence-electron chi connectivity index (χ4n) is 3.57. The lowest BCUT2D eigenvalue weighted by Crippen LogP contribution is -2.32. The maximum atomic E-state index is 13.5. The minimum atomic E-state index is -0.426. The first-order chi connectivity index (χ1) is 17.8. The smallest absolute Gasteiger partial charge is 0.250 e. The van der Waals surface area contributed by atoms with Gasteiger partial charge in [-0.3, -0.25) is 10.1 Å². The van der Waals surface area contributed by atoms with Gasteiger partial charge in [0.25, 0.3) is 0 Å². The van der Waals surface area contributed by atoms with Crippen LogP contribution in [0, 0.1) is 12.7 Å². The van der Waals surface area contributed by atoms with Gasteiger partial charge in [0.2, 0.25) is 11.8 Å². The summed E-state index contributed by atoms with van der Waals surface area (Å²) in [6.45, 7) is 1.93. The highest BCUT2D eigenvalue weighted by Gasteiger charge is 2.11. The second kappa shape index (κ2) is 10.4. The molecule has 37 heavy (non-hydrogen) atoms. The Bertz CT molecular complexity index is 1670. The minimum absolute atomic E-state index is 0.109. The summed E-state index contributed by atoms with van der Waals surface area (Å²) < 4.78 is 25.0. The number of carbonyl (C=O) groups excluding carboxylic acids is 1. The molecule has 0 saturated heterocycles. The number of anilines is 1. The molecule has 2 aromatic heterocycles. The van der Waals surface area contributed by atoms with Gasteiger partial charge in [0, 0.05) is 27.9 Å². The maximum Gasteiger partial charge on any atom is 0.250 e. The van der Waals surface area contributed by atoms with Gasteiger partial charge < -0.3 is 14.2 Å². The zero-order chi connectivity index (χ0) is 25.9. The van der Waals surface area contributed by atoms with Crippen LogP contribution in [0.15, 0.2) is 87.7 Å². The standard InChI is InChI=1S/C28H19ClFN3O3S/c1-16-5-6-17(14-22(16)29)24-11-8-21(35-24)9-12-26(34)33-28(37)31-20-7-10-25-23(15-20)32-27(36-25)18-3-2-4-19(30)13-18/h2-15H,1H3,(H2,31,33,34,37)/b12-9+. The third-order valence-electron chi connectivity index (χ3n) is 5.44. The summed E-state index contributed by atoms with van der Waals surface area (Å²) in [5.74, 6) is 0.652. The highest BCUT2D eigenvalue weighted by atomic mass is 35.5. The summed E-state index contributed by atoms with van der Waals surface area (Å²) in [6.07, 6.45) is 2.87. The van der Waals surface area contributed by atoms with Crippen molar-refractivity contribution in [2.75, 3.05) is 5.32 Å². The molecule has 0 spiro atoms. The van der Waals surface area contributed by atoms with Gasteiger partial charge in [0.05, 0.1) is 0 Å². The summed E-state index contributed by atoms with van der Waals surface area (Å²) in [4.78, 5) is 16.7. The first-order valence-corrected chi connectivity index (χ1v) is 12.0. The van der Waals surface area contributed by atoms with Crippen LogP contribution < -0.4 is 10.6 Å². The van der Waals surface area contributed by atoms with E-state index in [1.807, 2.05) is 31.2 Å². The average Bonchev–Trinajstić information content (AvgIpc) is 3.51. The van der Waals surface area contributed by atoms with Crippen molar-refractivity contribution in [1.29, 1.82) is 0 Å². The van der Waals surface area contributed by atoms with Crippen LogP contribution in [0.3, 0.4) is 0 Å². The number of oxazole rings is 1. The van der Waals surface area contributed by atoms with E-state index in [4.69, 9.17) is 32.7 Å². The summed E-state index contributed by atoms with van der Waals surface area (Å²) in [7, 11) is 0. The first kappa shape index (κ1) is 24.4. The summed E-state index contributed by atoms with van der Waals surface area (Å²) >= 11 is 11.4. The number of benzene rings is 3. The number of halogens is 2. The molecule has 5 aromatic rings. The van der Waals surface area contributed by atoms with Crippen molar-refractivity contribution in [3.05, 3.63) is 101 Å². The zero-order valence-corrected chi connectivity index (χ0v) is 21.0. The molecule has 2 N–H and O–H groups in total. The highest BCUT2D eigenvalue weighted by Crippen LogP contribution is 2.28. The molecule has 0 bridgehead atoms. The van der Waals surface area contributed by atoms with Gasteiger partial charge in [-0.25, -0.2) is 9.37 Å². The van der Waals surface area contributed by atoms with Gasteiger partial charge in [-0.05, 0) is 85.4 Å². The number of nitrogens with one attached hydrogen (secondary N) is 2. The van der Waals surface area contributed by atoms with Gasteiger partial charge in [-0.15, -0.1) is 0 Å². The van der Waals surface area contributed by atoms with Crippen LogP contribution in [0.5, 0.6) is 0 Å². The average molecular weight is 532 g/mol. The number of furan rings is 1. The second-order valence-electron chi connectivity index (χ2n) is 8.15. The Morgan fingerprint density at radius 3 is 2.70 bits per heavy atom. The van der Waals surface area contributed by atoms with E-state index in [0.29, 0.717) is 44.8 Å². The number of hydrogen-bond donors (Lipinski definition) is 2. The second-order valence-corrected chi connectivity index (χ2v) is 8.97. The highest BCUT2D eigenvalue weighted by molar-refractivity contribution is 7.80. The molecule has 0 fully saturated rings. The lowest BCUT2D eigenvalue weighted by atomic mass is 10.1. The predicted octanol–water partition coefficient (Wildman–Crippen LogP) is 7.38. The molecule has 3 aromatic carbocycles. The van der Waals surface area contributed by atoms with Gasteiger partial charge in [0.1, 0.15) is 22.9 Å². The molecule has 1 amide bonds. The van der Waals surface area contributed by atoms with Crippen LogP contribution in [0.4, 0.5) is 10.1 Å². The number of nitrogens with zero attached hydrogens (tertiary/aromatic N) is 1. The van der Waals surface area contributed by atoms with E-state index in [0.717, 1.165) is 11.1 Å². The van der Waals surface area contributed by atoms with E-state index < -0.39 is 5.91 Å². The van der Waals surface area contributed by atoms with Crippen molar-refractivity contribution in [2.45, 2.75) is 6.92 Å². The summed E-state index contributed by atoms with van der Waals surface area (Å²) in [6, 6.07) is 20.4. The van der Waals surface area contributed by atoms with Crippen molar-refractivity contribution in [1.82, 2.24) is 10.3 Å². The number of thiocarbonyl (C=S) groups is 1. The molecule has 0 radical (unpaired) electrons. The predicted molar refractivity (Wildman–Crippen MR) is 147 cm³/mol. The van der Waals surface area contributed by atoms with Crippen LogP contribution >= 0.6 is 23.8 Å². The van der Waals surface area contributed by atoms with Crippen LogP contribution in [0.2, 0.25) is 5.02 Å². The quantitative estimate of drug-likeness (QED) is 0.182. The third kappa shape index (κ3) is 5.77. The van der Waals surface area contributed by atoms with Gasteiger partial charge in [-0.2, -0.15) is 0 Å². The van der Waals surface area contributed by atoms with Crippen LogP contribution in [0.1, 0.15) is 11.3 Å². The molecule has 5 rings (SSSR count). The molecule has 0 unspecified atom stereocenters. The third-order valence-corrected chi connectivity index (χ3v) is 6.05. The molecule has 184 valence electrons. The molecule has 6 nitrogen and oxygen atoms in total. The van der Waals surface area contributed by atoms with E-state index in [-0.39, 0.29) is 10.9 Å². The van der Waals surface area contributed by atoms with Crippen LogP contribution in [0.25, 0.3) is 40.0 Å². The number of rotatable bonds is 5. The zero-order valence-electron chi connectivity index (χ0n) is 19.4. The number of aromatic nitrogens is 1. The van der Waals surface area contributed by atoms with E-state index >= 15 is 0 Å². The largest absolute Gasteiger partial charge is 0.457 e. The maximum absolute atomic E-state index is 13.5. The van der Waals surface area contributed by atoms with Crippen molar-refractivity contribution >= 4 is 57.7 Å². The Labute approximate surface area is 221 Å². The van der Waals surface area contributed by atoms with E-state index in [9.17, 15) is 9.18 Å². The number of aryl methyl sites for hydroxylation is 1. The molecule has 0 aliphatic rings. The normalized spacial score (nSPS) is 11.2. The van der Waals surface area contributed by atoms with Crippen molar-refractivity contribution in [3.8, 4) is 22.8 Å². The lowest BCUT2D eigenvalue weighted by Gasteiger charge is -2.07. The van der Waals surface area contributed by atoms with E-state index in [2.05, 4.69) is 15.6 Å². The topological polar surface area (TPSA) is 80.3 Å². The number of carbonyl (C=O) groups is 1. The molecular weight excluding hydrogens is 513 g/mol. The Hall–Kier alpha value is -4.27. The SMILES string of the molecule is Cc1ccc(-c2ccc(/C=C/C(=O)NC(=S)Nc3ccc4oc(-c5cccc(F)c5)nc4c3)o2)cc1Cl. The molecule has 0 saturated carbocycles. The van der Waals surface area contributed by atoms with Crippen molar-refractivity contribution in [3.63, 3.8) is 0 Å². The molecule has 2 heterocycles. The van der Waals surface area contributed by atoms with Gasteiger partial charge in [0.15, 0.2) is 10.7 Å². The summed E-state index contributed by atoms with van der Waals surface area (Å²) in [5, 5.41) is 6.29.